The summed E-state index contributed by atoms with van der Waals surface area (Å²) in [7, 11) is 0. The number of benzene rings is 1. The van der Waals surface area contributed by atoms with E-state index in [1.165, 1.54) is 0 Å². The first-order valence-electron chi connectivity index (χ1n) is 6.38. The summed E-state index contributed by atoms with van der Waals surface area (Å²) in [5, 5.41) is 0. The Morgan fingerprint density at radius 3 is 2.06 bits per heavy atom. The summed E-state index contributed by atoms with van der Waals surface area (Å²) >= 11 is 0. The van der Waals surface area contributed by atoms with E-state index in [2.05, 4.69) is 18.7 Å². The van der Waals surface area contributed by atoms with Crippen molar-refractivity contribution in [2.24, 2.45) is 0 Å². The van der Waals surface area contributed by atoms with Gasteiger partial charge in [-0.15, -0.1) is 0 Å². The van der Waals surface area contributed by atoms with Crippen molar-refractivity contribution >= 4 is 0 Å². The zero-order chi connectivity index (χ0) is 12.5. The minimum absolute atomic E-state index is 0.663. The molecule has 0 aliphatic rings. The summed E-state index contributed by atoms with van der Waals surface area (Å²) in [5.74, 6) is 1.66. The molecular formula is C14H23NO2. The van der Waals surface area contributed by atoms with Gasteiger partial charge < -0.3 is 14.4 Å². The average Bonchev–Trinajstić information content (AvgIpc) is 2.37. The molecule has 0 saturated carbocycles. The lowest BCUT2D eigenvalue weighted by molar-refractivity contribution is 0.214. The van der Waals surface area contributed by atoms with Gasteiger partial charge in [0, 0.05) is 6.54 Å². The van der Waals surface area contributed by atoms with E-state index in [0.717, 1.165) is 31.1 Å². The van der Waals surface area contributed by atoms with Gasteiger partial charge in [-0.3, -0.25) is 0 Å². The largest absolute Gasteiger partial charge is 0.490 e. The summed E-state index contributed by atoms with van der Waals surface area (Å²) in [6.45, 7) is 10.7. The number of ether oxygens (including phenoxy) is 2. The van der Waals surface area contributed by atoms with Crippen molar-refractivity contribution in [1.29, 1.82) is 0 Å². The van der Waals surface area contributed by atoms with Gasteiger partial charge in [0.25, 0.3) is 0 Å². The van der Waals surface area contributed by atoms with Crippen molar-refractivity contribution in [1.82, 2.24) is 4.90 Å². The molecule has 0 saturated heterocycles. The molecule has 0 unspecified atom stereocenters. The highest BCUT2D eigenvalue weighted by Crippen LogP contribution is 2.26. The molecule has 1 aromatic carbocycles. The van der Waals surface area contributed by atoms with Crippen LogP contribution in [0.1, 0.15) is 20.8 Å². The first-order valence-corrected chi connectivity index (χ1v) is 6.38. The van der Waals surface area contributed by atoms with Gasteiger partial charge in [-0.2, -0.15) is 0 Å². The van der Waals surface area contributed by atoms with Gasteiger partial charge in [0.15, 0.2) is 11.5 Å². The van der Waals surface area contributed by atoms with Crippen LogP contribution in [0.25, 0.3) is 0 Å². The van der Waals surface area contributed by atoms with E-state index < -0.39 is 0 Å². The first-order chi connectivity index (χ1) is 8.31. The Bertz CT molecular complexity index is 311. The molecule has 96 valence electrons. The van der Waals surface area contributed by atoms with Crippen molar-refractivity contribution in [3.8, 4) is 11.5 Å². The SMILES string of the molecule is CCOc1ccccc1OCCN(CC)CC. The Morgan fingerprint density at radius 1 is 0.941 bits per heavy atom. The second kappa shape index (κ2) is 7.96. The van der Waals surface area contributed by atoms with E-state index >= 15 is 0 Å². The summed E-state index contributed by atoms with van der Waals surface area (Å²) in [6, 6.07) is 7.82. The molecule has 17 heavy (non-hydrogen) atoms. The second-order valence-corrected chi connectivity index (χ2v) is 3.76. The Labute approximate surface area is 104 Å². The summed E-state index contributed by atoms with van der Waals surface area (Å²) < 4.78 is 11.3. The van der Waals surface area contributed by atoms with Gasteiger partial charge in [0.2, 0.25) is 0 Å². The fourth-order valence-electron chi connectivity index (χ4n) is 1.67. The van der Waals surface area contributed by atoms with Gasteiger partial charge in [-0.1, -0.05) is 26.0 Å². The normalized spacial score (nSPS) is 10.6. The molecule has 0 atom stereocenters. The molecule has 0 fully saturated rings. The van der Waals surface area contributed by atoms with Gasteiger partial charge >= 0.3 is 0 Å². The molecule has 0 aliphatic carbocycles. The maximum Gasteiger partial charge on any atom is 0.161 e. The number of rotatable bonds is 8. The molecule has 0 spiro atoms. The maximum absolute atomic E-state index is 5.76. The molecule has 0 N–H and O–H groups in total. The van der Waals surface area contributed by atoms with Crippen LogP contribution in [0.2, 0.25) is 0 Å². The van der Waals surface area contributed by atoms with Gasteiger partial charge in [0.1, 0.15) is 6.61 Å². The van der Waals surface area contributed by atoms with Gasteiger partial charge in [0.05, 0.1) is 6.61 Å². The molecule has 0 amide bonds. The summed E-state index contributed by atoms with van der Waals surface area (Å²) in [6.07, 6.45) is 0. The molecular weight excluding hydrogens is 214 g/mol. The van der Waals surface area contributed by atoms with Crippen LogP contribution in [0, 0.1) is 0 Å². The second-order valence-electron chi connectivity index (χ2n) is 3.76. The van der Waals surface area contributed by atoms with Crippen molar-refractivity contribution in [2.45, 2.75) is 20.8 Å². The predicted molar refractivity (Wildman–Crippen MR) is 70.9 cm³/mol. The monoisotopic (exact) mass is 237 g/mol. The molecule has 0 aliphatic heterocycles. The van der Waals surface area contributed by atoms with E-state index in [-0.39, 0.29) is 0 Å². The van der Waals surface area contributed by atoms with Crippen LogP contribution in [-0.2, 0) is 0 Å². The number of hydrogen-bond acceptors (Lipinski definition) is 3. The highest BCUT2D eigenvalue weighted by Gasteiger charge is 2.04. The number of nitrogens with zero attached hydrogens (tertiary/aromatic N) is 1. The lowest BCUT2D eigenvalue weighted by atomic mass is 10.3. The van der Waals surface area contributed by atoms with Crippen molar-refractivity contribution < 1.29 is 9.47 Å². The molecule has 1 aromatic rings. The molecule has 0 bridgehead atoms. The Balaban J connectivity index is 2.45. The average molecular weight is 237 g/mol. The van der Waals surface area contributed by atoms with Crippen molar-refractivity contribution in [3.63, 3.8) is 0 Å². The van der Waals surface area contributed by atoms with Crippen LogP contribution in [0.4, 0.5) is 0 Å². The van der Waals surface area contributed by atoms with E-state index in [1.807, 2.05) is 31.2 Å². The lowest BCUT2D eigenvalue weighted by Gasteiger charge is -2.18. The fraction of sp³-hybridized carbons (Fsp3) is 0.571. The molecule has 1 rings (SSSR count). The van der Waals surface area contributed by atoms with E-state index in [4.69, 9.17) is 9.47 Å². The Kier molecular flexibility index (Phi) is 6.48. The van der Waals surface area contributed by atoms with Crippen LogP contribution in [0.3, 0.4) is 0 Å². The third kappa shape index (κ3) is 4.65. The van der Waals surface area contributed by atoms with Gasteiger partial charge in [-0.05, 0) is 32.1 Å². The van der Waals surface area contributed by atoms with Crippen LogP contribution in [0.5, 0.6) is 11.5 Å². The molecule has 3 heteroatoms. The van der Waals surface area contributed by atoms with Crippen molar-refractivity contribution in [3.05, 3.63) is 24.3 Å². The number of hydrogen-bond donors (Lipinski definition) is 0. The molecule has 0 heterocycles. The molecule has 0 radical (unpaired) electrons. The maximum atomic E-state index is 5.76. The van der Waals surface area contributed by atoms with E-state index in [9.17, 15) is 0 Å². The highest BCUT2D eigenvalue weighted by atomic mass is 16.5. The fourth-order valence-corrected chi connectivity index (χ4v) is 1.67. The van der Waals surface area contributed by atoms with Crippen LogP contribution < -0.4 is 9.47 Å². The van der Waals surface area contributed by atoms with Crippen LogP contribution in [0.15, 0.2) is 24.3 Å². The minimum atomic E-state index is 0.663. The van der Waals surface area contributed by atoms with E-state index in [1.54, 1.807) is 0 Å². The van der Waals surface area contributed by atoms with Crippen molar-refractivity contribution in [2.75, 3.05) is 32.8 Å². The lowest BCUT2D eigenvalue weighted by Crippen LogP contribution is -2.27. The highest BCUT2D eigenvalue weighted by molar-refractivity contribution is 5.39. The quantitative estimate of drug-likeness (QED) is 0.694. The standard InChI is InChI=1S/C14H23NO2/c1-4-15(5-2)11-12-17-14-10-8-7-9-13(14)16-6-3/h7-10H,4-6,11-12H2,1-3H3. The number of para-hydroxylation sites is 2. The Hall–Kier alpha value is -1.22. The van der Waals surface area contributed by atoms with Crippen LogP contribution >= 0.6 is 0 Å². The minimum Gasteiger partial charge on any atom is -0.490 e. The number of likely N-dealkylation sites (N-methyl/N-ethyl adjacent to an activating group) is 1. The summed E-state index contributed by atoms with van der Waals surface area (Å²) in [5.41, 5.74) is 0. The summed E-state index contributed by atoms with van der Waals surface area (Å²) in [4.78, 5) is 2.34. The molecule has 3 nitrogen and oxygen atoms in total. The smallest absolute Gasteiger partial charge is 0.161 e. The predicted octanol–water partition coefficient (Wildman–Crippen LogP) is 2.81. The first kappa shape index (κ1) is 13.8. The topological polar surface area (TPSA) is 21.7 Å². The zero-order valence-electron chi connectivity index (χ0n) is 11.1. The molecule has 0 aromatic heterocycles. The zero-order valence-corrected chi connectivity index (χ0v) is 11.1. The third-order valence-electron chi connectivity index (χ3n) is 2.71. The van der Waals surface area contributed by atoms with E-state index in [0.29, 0.717) is 13.2 Å². The van der Waals surface area contributed by atoms with Gasteiger partial charge in [-0.25, -0.2) is 0 Å². The van der Waals surface area contributed by atoms with Crippen LogP contribution in [-0.4, -0.2) is 37.7 Å². The third-order valence-corrected chi connectivity index (χ3v) is 2.71. The Morgan fingerprint density at radius 2 is 1.53 bits per heavy atom.